The normalized spacial score (nSPS) is 19.4. The second-order valence-electron chi connectivity index (χ2n) is 8.71. The Morgan fingerprint density at radius 3 is 2.74 bits per heavy atom. The maximum Gasteiger partial charge on any atom is 0.264 e. The van der Waals surface area contributed by atoms with E-state index >= 15 is 0 Å². The second kappa shape index (κ2) is 11.1. The van der Waals surface area contributed by atoms with E-state index in [4.69, 9.17) is 21.1 Å². The van der Waals surface area contributed by atoms with Crippen molar-refractivity contribution >= 4 is 46.1 Å². The van der Waals surface area contributed by atoms with E-state index in [0.717, 1.165) is 24.8 Å². The number of hydrogen-bond donors (Lipinski definition) is 0. The van der Waals surface area contributed by atoms with Crippen LogP contribution in [-0.2, 0) is 16.0 Å². The number of halogens is 1. The van der Waals surface area contributed by atoms with E-state index in [0.29, 0.717) is 42.0 Å². The Hall–Kier alpha value is -2.39. The van der Waals surface area contributed by atoms with E-state index in [-0.39, 0.29) is 30.5 Å². The lowest BCUT2D eigenvalue weighted by Gasteiger charge is -2.37. The number of amides is 2. The maximum absolute atomic E-state index is 13.7. The molecular formula is C26H27ClN2O4S2. The third kappa shape index (κ3) is 5.72. The first kappa shape index (κ1) is 24.3. The van der Waals surface area contributed by atoms with Crippen molar-refractivity contribution in [1.82, 2.24) is 9.80 Å². The van der Waals surface area contributed by atoms with E-state index in [1.807, 2.05) is 28.5 Å². The molecule has 6 nitrogen and oxygen atoms in total. The van der Waals surface area contributed by atoms with Crippen molar-refractivity contribution in [2.24, 2.45) is 0 Å². The lowest BCUT2D eigenvalue weighted by molar-refractivity contribution is -0.135. The Morgan fingerprint density at radius 1 is 1.14 bits per heavy atom. The van der Waals surface area contributed by atoms with Crippen LogP contribution in [0, 0.1) is 0 Å². The molecule has 2 aliphatic rings. The van der Waals surface area contributed by atoms with Crippen LogP contribution in [-0.4, -0.2) is 60.6 Å². The smallest absolute Gasteiger partial charge is 0.264 e. The molecule has 0 N–H and O–H groups in total. The number of fused-ring (bicyclic) bond motifs is 1. The first-order valence-electron chi connectivity index (χ1n) is 11.8. The number of hydrogen-bond acceptors (Lipinski definition) is 6. The Morgan fingerprint density at radius 2 is 2.00 bits per heavy atom. The summed E-state index contributed by atoms with van der Waals surface area (Å²) in [6.45, 7) is 2.08. The summed E-state index contributed by atoms with van der Waals surface area (Å²) in [6.07, 6.45) is 2.67. The van der Waals surface area contributed by atoms with Crippen LogP contribution in [0.4, 0.5) is 0 Å². The Balaban J connectivity index is 1.33. The van der Waals surface area contributed by atoms with Gasteiger partial charge in [-0.3, -0.25) is 9.59 Å². The summed E-state index contributed by atoms with van der Waals surface area (Å²) in [5.41, 5.74) is 1.12. The predicted octanol–water partition coefficient (Wildman–Crippen LogP) is 5.29. The third-order valence-electron chi connectivity index (χ3n) is 6.43. The van der Waals surface area contributed by atoms with Gasteiger partial charge in [0, 0.05) is 29.6 Å². The van der Waals surface area contributed by atoms with Crippen molar-refractivity contribution in [3.63, 3.8) is 0 Å². The van der Waals surface area contributed by atoms with Crippen LogP contribution in [0.1, 0.15) is 39.0 Å². The minimum Gasteiger partial charge on any atom is -0.491 e. The summed E-state index contributed by atoms with van der Waals surface area (Å²) in [6, 6.07) is 12.8. The van der Waals surface area contributed by atoms with Gasteiger partial charge in [-0.1, -0.05) is 17.7 Å². The van der Waals surface area contributed by atoms with Crippen molar-refractivity contribution in [2.75, 3.05) is 32.8 Å². The van der Waals surface area contributed by atoms with E-state index < -0.39 is 0 Å². The Bertz CT molecular complexity index is 1140. The largest absolute Gasteiger partial charge is 0.491 e. The summed E-state index contributed by atoms with van der Waals surface area (Å²) >= 11 is 9.11. The molecule has 9 heteroatoms. The predicted molar refractivity (Wildman–Crippen MR) is 139 cm³/mol. The molecule has 1 aromatic carbocycles. The van der Waals surface area contributed by atoms with Crippen LogP contribution in [0.5, 0.6) is 5.75 Å². The number of benzene rings is 1. The molecule has 1 fully saturated rings. The standard InChI is InChI=1S/C26H27ClN2O4S2/c27-18-5-7-19(8-6-18)33-17-22-21-10-14-35-23(21)9-11-29(22)25(30)16-28(15-20-3-1-12-32-20)26(31)24-4-2-13-34-24/h2,4-8,10,13-14,20,22H,1,3,9,11-12,15-17H2/t20-,22+/m0/s1. The van der Waals surface area contributed by atoms with Gasteiger partial charge in [-0.2, -0.15) is 0 Å². The molecule has 1 saturated heterocycles. The van der Waals surface area contributed by atoms with Gasteiger partial charge in [-0.15, -0.1) is 22.7 Å². The second-order valence-corrected chi connectivity index (χ2v) is 11.1. The van der Waals surface area contributed by atoms with Crippen molar-refractivity contribution in [2.45, 2.75) is 31.4 Å². The van der Waals surface area contributed by atoms with Crippen LogP contribution in [0.3, 0.4) is 0 Å². The maximum atomic E-state index is 13.7. The van der Waals surface area contributed by atoms with E-state index in [9.17, 15) is 9.59 Å². The molecule has 0 radical (unpaired) electrons. The quantitative estimate of drug-likeness (QED) is 0.397. The summed E-state index contributed by atoms with van der Waals surface area (Å²) in [4.78, 5) is 32.4. The monoisotopic (exact) mass is 530 g/mol. The highest BCUT2D eigenvalue weighted by molar-refractivity contribution is 7.12. The zero-order valence-electron chi connectivity index (χ0n) is 19.2. The van der Waals surface area contributed by atoms with Crippen LogP contribution in [0.15, 0.2) is 53.2 Å². The highest BCUT2D eigenvalue weighted by Gasteiger charge is 2.34. The van der Waals surface area contributed by atoms with Gasteiger partial charge < -0.3 is 19.3 Å². The molecule has 184 valence electrons. The van der Waals surface area contributed by atoms with E-state index in [1.165, 1.54) is 16.2 Å². The number of nitrogens with zero attached hydrogens (tertiary/aromatic N) is 2. The lowest BCUT2D eigenvalue weighted by atomic mass is 10.0. The molecule has 2 atom stereocenters. The fourth-order valence-electron chi connectivity index (χ4n) is 4.64. The summed E-state index contributed by atoms with van der Waals surface area (Å²) in [5.74, 6) is 0.512. The van der Waals surface area contributed by atoms with Gasteiger partial charge in [0.2, 0.25) is 5.91 Å². The number of carbonyl (C=O) groups is 2. The SMILES string of the molecule is O=C(c1cccs1)N(CC(=O)N1CCc2sccc2[C@H]1COc1ccc(Cl)cc1)C[C@@H]1CCCO1. The molecule has 0 aliphatic carbocycles. The number of thiophene rings is 2. The minimum atomic E-state index is -0.213. The lowest BCUT2D eigenvalue weighted by Crippen LogP contribution is -2.49. The summed E-state index contributed by atoms with van der Waals surface area (Å²) in [5, 5.41) is 4.60. The molecule has 35 heavy (non-hydrogen) atoms. The summed E-state index contributed by atoms with van der Waals surface area (Å²) < 4.78 is 11.9. The molecule has 2 amide bonds. The fourth-order valence-corrected chi connectivity index (χ4v) is 6.39. The molecule has 0 bridgehead atoms. The topological polar surface area (TPSA) is 59.1 Å². The highest BCUT2D eigenvalue weighted by Crippen LogP contribution is 2.34. The van der Waals surface area contributed by atoms with Crippen molar-refractivity contribution in [1.29, 1.82) is 0 Å². The molecule has 2 aliphatic heterocycles. The van der Waals surface area contributed by atoms with Crippen molar-refractivity contribution in [3.05, 3.63) is 73.6 Å². The number of ether oxygens (including phenoxy) is 2. The molecule has 0 unspecified atom stereocenters. The first-order chi connectivity index (χ1) is 17.1. The number of rotatable bonds is 8. The average Bonchev–Trinajstić information content (AvgIpc) is 3.65. The van der Waals surface area contributed by atoms with Crippen molar-refractivity contribution in [3.8, 4) is 5.75 Å². The van der Waals surface area contributed by atoms with Gasteiger partial charge in [-0.05, 0) is 72.0 Å². The average molecular weight is 531 g/mol. The van der Waals surface area contributed by atoms with Crippen molar-refractivity contribution < 1.29 is 19.1 Å². The fraction of sp³-hybridized carbons (Fsp3) is 0.385. The highest BCUT2D eigenvalue weighted by atomic mass is 35.5. The Kier molecular flexibility index (Phi) is 7.72. The zero-order valence-corrected chi connectivity index (χ0v) is 21.6. The molecule has 4 heterocycles. The van der Waals surface area contributed by atoms with E-state index in [2.05, 4.69) is 11.4 Å². The molecule has 0 saturated carbocycles. The molecular weight excluding hydrogens is 504 g/mol. The van der Waals surface area contributed by atoms with Gasteiger partial charge >= 0.3 is 0 Å². The van der Waals surface area contributed by atoms with E-state index in [1.54, 1.807) is 34.4 Å². The van der Waals surface area contributed by atoms with Gasteiger partial charge in [-0.25, -0.2) is 0 Å². The molecule has 2 aromatic heterocycles. The summed E-state index contributed by atoms with van der Waals surface area (Å²) in [7, 11) is 0. The molecule has 3 aromatic rings. The van der Waals surface area contributed by atoms with Gasteiger partial charge in [0.1, 0.15) is 18.9 Å². The van der Waals surface area contributed by atoms with Gasteiger partial charge in [0.25, 0.3) is 5.91 Å². The molecule has 5 rings (SSSR count). The van der Waals surface area contributed by atoms with Gasteiger partial charge in [0.05, 0.1) is 17.0 Å². The molecule has 0 spiro atoms. The first-order valence-corrected chi connectivity index (χ1v) is 13.9. The van der Waals surface area contributed by atoms with Gasteiger partial charge in [0.15, 0.2) is 0 Å². The zero-order chi connectivity index (χ0) is 24.2. The van der Waals surface area contributed by atoms with Crippen LogP contribution < -0.4 is 4.74 Å². The third-order valence-corrected chi connectivity index (χ3v) is 8.54. The van der Waals surface area contributed by atoms with Crippen LogP contribution in [0.25, 0.3) is 0 Å². The van der Waals surface area contributed by atoms with Crippen LogP contribution in [0.2, 0.25) is 5.02 Å². The number of carbonyl (C=O) groups excluding carboxylic acids is 2. The minimum absolute atomic E-state index is 0.0213. The van der Waals surface area contributed by atoms with Crippen LogP contribution >= 0.6 is 34.3 Å². The Labute approximate surface area is 218 Å².